The average molecular weight is 898 g/mol. The van der Waals surface area contributed by atoms with Gasteiger partial charge in [0.25, 0.3) is 0 Å². The van der Waals surface area contributed by atoms with Gasteiger partial charge in [-0.25, -0.2) is 0 Å². The van der Waals surface area contributed by atoms with E-state index in [1.165, 1.54) is 180 Å². The van der Waals surface area contributed by atoms with Crippen molar-refractivity contribution in [2.24, 2.45) is 0 Å². The first-order valence-electron chi connectivity index (χ1n) is 27.0. The van der Waals surface area contributed by atoms with E-state index in [-0.39, 0.29) is 6.61 Å². The van der Waals surface area contributed by atoms with E-state index in [0.29, 0.717) is 12.8 Å². The molecule has 63 heavy (non-hydrogen) atoms. The Bertz CT molecular complexity index is 1010. The Morgan fingerprint density at radius 1 is 0.524 bits per heavy atom. The Kier molecular flexibility index (Phi) is 41.3. The molecule has 8 atom stereocenters. The molecule has 1 amide bonds. The highest BCUT2D eigenvalue weighted by molar-refractivity contribution is 5.80. The predicted octanol–water partition coefficient (Wildman–Crippen LogP) is 11.4. The molecule has 0 aliphatic carbocycles. The Labute approximate surface area is 387 Å². The van der Waals surface area contributed by atoms with Gasteiger partial charge in [0, 0.05) is 0 Å². The van der Waals surface area contributed by atoms with Gasteiger partial charge < -0.3 is 45.4 Å². The molecule has 1 aliphatic heterocycles. The number of aliphatic hydroxyl groups is 6. The first-order valence-corrected chi connectivity index (χ1v) is 27.0. The summed E-state index contributed by atoms with van der Waals surface area (Å²) in [5, 5.41) is 65.0. The molecule has 0 aromatic rings. The fraction of sp³-hybridized carbons (Fsp3) is 0.943. The third-order valence-corrected chi connectivity index (χ3v) is 13.2. The first-order chi connectivity index (χ1) is 30.8. The number of allylic oxidation sites excluding steroid dienone is 2. The van der Waals surface area contributed by atoms with Crippen molar-refractivity contribution >= 4 is 5.91 Å². The second-order valence-electron chi connectivity index (χ2n) is 19.2. The molecule has 7 N–H and O–H groups in total. The molecule has 1 saturated heterocycles. The monoisotopic (exact) mass is 898 g/mol. The number of aliphatic hydroxyl groups excluding tert-OH is 6. The van der Waals surface area contributed by atoms with Crippen molar-refractivity contribution in [2.75, 3.05) is 13.2 Å². The van der Waals surface area contributed by atoms with E-state index in [2.05, 4.69) is 31.3 Å². The summed E-state index contributed by atoms with van der Waals surface area (Å²) in [6, 6.07) is -0.891. The lowest BCUT2D eigenvalue weighted by atomic mass is 9.99. The zero-order valence-corrected chi connectivity index (χ0v) is 41.0. The van der Waals surface area contributed by atoms with Crippen molar-refractivity contribution in [3.63, 3.8) is 0 Å². The fourth-order valence-electron chi connectivity index (χ4n) is 8.81. The molecule has 1 fully saturated rings. The van der Waals surface area contributed by atoms with Gasteiger partial charge in [-0.1, -0.05) is 231 Å². The van der Waals surface area contributed by atoms with E-state index in [1.54, 1.807) is 0 Å². The lowest BCUT2D eigenvalue weighted by Gasteiger charge is -2.40. The quantitative estimate of drug-likeness (QED) is 0.0232. The second-order valence-corrected chi connectivity index (χ2v) is 19.2. The molecule has 0 saturated carbocycles. The number of nitrogens with one attached hydrogen (secondary N) is 1. The maximum absolute atomic E-state index is 13.1. The molecule has 10 nitrogen and oxygen atoms in total. The van der Waals surface area contributed by atoms with Gasteiger partial charge >= 0.3 is 0 Å². The summed E-state index contributed by atoms with van der Waals surface area (Å²) < 4.78 is 11.2. The molecule has 1 heterocycles. The highest BCUT2D eigenvalue weighted by Crippen LogP contribution is 2.23. The molecule has 1 rings (SSSR count). The summed E-state index contributed by atoms with van der Waals surface area (Å²) in [6.07, 6.45) is 41.4. The largest absolute Gasteiger partial charge is 0.394 e. The smallest absolute Gasteiger partial charge is 0.249 e. The van der Waals surface area contributed by atoms with Crippen LogP contribution in [-0.2, 0) is 14.3 Å². The van der Waals surface area contributed by atoms with E-state index >= 15 is 0 Å². The topological polar surface area (TPSA) is 169 Å². The van der Waals surface area contributed by atoms with E-state index in [1.807, 2.05) is 0 Å². The molecular weight excluding hydrogens is 795 g/mol. The van der Waals surface area contributed by atoms with Crippen LogP contribution in [0.5, 0.6) is 0 Å². The maximum atomic E-state index is 13.1. The summed E-state index contributed by atoms with van der Waals surface area (Å²) >= 11 is 0. The number of hydrogen-bond donors (Lipinski definition) is 7. The van der Waals surface area contributed by atoms with Crippen LogP contribution >= 0.6 is 0 Å². The van der Waals surface area contributed by atoms with Crippen LogP contribution in [0.1, 0.15) is 258 Å². The Balaban J connectivity index is 2.22. The van der Waals surface area contributed by atoms with Gasteiger partial charge in [-0.3, -0.25) is 4.79 Å². The zero-order valence-electron chi connectivity index (χ0n) is 41.0. The molecule has 0 aromatic heterocycles. The molecule has 374 valence electrons. The van der Waals surface area contributed by atoms with Crippen LogP contribution in [0, 0.1) is 0 Å². The summed E-state index contributed by atoms with van der Waals surface area (Å²) in [4.78, 5) is 13.1. The van der Waals surface area contributed by atoms with Crippen LogP contribution in [0.4, 0.5) is 0 Å². The lowest BCUT2D eigenvalue weighted by Crippen LogP contribution is -2.60. The summed E-state index contributed by atoms with van der Waals surface area (Å²) in [5.41, 5.74) is 0. The van der Waals surface area contributed by atoms with Crippen molar-refractivity contribution in [3.05, 3.63) is 12.2 Å². The lowest BCUT2D eigenvalue weighted by molar-refractivity contribution is -0.302. The minimum atomic E-state index is -1.59. The molecule has 0 spiro atoms. The number of unbranched alkanes of at least 4 members (excludes halogenated alkanes) is 33. The number of hydrogen-bond acceptors (Lipinski definition) is 9. The van der Waals surface area contributed by atoms with Crippen molar-refractivity contribution < 1.29 is 44.9 Å². The minimum absolute atomic E-state index is 0.253. The Morgan fingerprint density at radius 2 is 0.889 bits per heavy atom. The van der Waals surface area contributed by atoms with Gasteiger partial charge in [-0.05, 0) is 38.5 Å². The molecule has 1 aliphatic rings. The molecule has 0 aromatic carbocycles. The standard InChI is InChI=1S/C53H103NO9/c1-3-5-7-9-11-13-15-17-18-19-20-21-22-23-24-25-26-27-28-29-30-32-34-36-38-40-42-47(57)52(61)54-45(44-62-53-51(60)50(59)49(58)48(43-55)63-53)46(56)41-39-37-35-33-31-16-14-12-10-8-6-4-2/h23-24,45-51,53,55-60H,3-22,25-44H2,1-2H3,(H,54,61)/b24-23-. The van der Waals surface area contributed by atoms with E-state index in [0.717, 1.165) is 51.4 Å². The van der Waals surface area contributed by atoms with E-state index < -0.39 is 61.5 Å². The Morgan fingerprint density at radius 3 is 1.29 bits per heavy atom. The van der Waals surface area contributed by atoms with Gasteiger partial charge in [-0.2, -0.15) is 0 Å². The van der Waals surface area contributed by atoms with Crippen LogP contribution in [0.3, 0.4) is 0 Å². The van der Waals surface area contributed by atoms with Crippen LogP contribution < -0.4 is 5.32 Å². The van der Waals surface area contributed by atoms with Crippen LogP contribution in [-0.4, -0.2) is 98.7 Å². The predicted molar refractivity (Wildman–Crippen MR) is 260 cm³/mol. The number of rotatable bonds is 46. The molecule has 0 bridgehead atoms. The SMILES string of the molecule is CCCCCCCCCCCCCC/C=C\CCCCCCCCCCCCC(O)C(=O)NC(COC1OC(CO)C(O)C(O)C1O)C(O)CCCCCCCCCCCCCC. The van der Waals surface area contributed by atoms with Gasteiger partial charge in [0.05, 0.1) is 25.4 Å². The van der Waals surface area contributed by atoms with E-state index in [9.17, 15) is 35.4 Å². The highest BCUT2D eigenvalue weighted by atomic mass is 16.7. The number of carbonyl (C=O) groups is 1. The third kappa shape index (κ3) is 33.1. The second kappa shape index (κ2) is 43.5. The van der Waals surface area contributed by atoms with Crippen molar-refractivity contribution in [1.82, 2.24) is 5.32 Å². The third-order valence-electron chi connectivity index (χ3n) is 13.2. The Hall–Kier alpha value is -1.11. The summed E-state index contributed by atoms with van der Waals surface area (Å²) in [5.74, 6) is -0.582. The van der Waals surface area contributed by atoms with Gasteiger partial charge in [-0.15, -0.1) is 0 Å². The minimum Gasteiger partial charge on any atom is -0.394 e. The van der Waals surface area contributed by atoms with Crippen LogP contribution in [0.25, 0.3) is 0 Å². The fourth-order valence-corrected chi connectivity index (χ4v) is 8.81. The van der Waals surface area contributed by atoms with Crippen LogP contribution in [0.2, 0.25) is 0 Å². The zero-order chi connectivity index (χ0) is 46.0. The number of carbonyl (C=O) groups excluding carboxylic acids is 1. The number of ether oxygens (including phenoxy) is 2. The van der Waals surface area contributed by atoms with Crippen molar-refractivity contribution in [2.45, 2.75) is 307 Å². The average Bonchev–Trinajstić information content (AvgIpc) is 3.28. The first kappa shape index (κ1) is 59.9. The van der Waals surface area contributed by atoms with E-state index in [4.69, 9.17) is 9.47 Å². The van der Waals surface area contributed by atoms with Gasteiger partial charge in [0.2, 0.25) is 5.91 Å². The molecule has 0 radical (unpaired) electrons. The maximum Gasteiger partial charge on any atom is 0.249 e. The summed E-state index contributed by atoms with van der Waals surface area (Å²) in [7, 11) is 0. The van der Waals surface area contributed by atoms with Gasteiger partial charge in [0.15, 0.2) is 6.29 Å². The van der Waals surface area contributed by atoms with Crippen LogP contribution in [0.15, 0.2) is 12.2 Å². The molecule has 8 unspecified atom stereocenters. The van der Waals surface area contributed by atoms with Gasteiger partial charge in [0.1, 0.15) is 30.5 Å². The normalized spacial score (nSPS) is 20.7. The highest BCUT2D eigenvalue weighted by Gasteiger charge is 2.44. The van der Waals surface area contributed by atoms with Crippen molar-refractivity contribution in [1.29, 1.82) is 0 Å². The molecule has 10 heteroatoms. The van der Waals surface area contributed by atoms with Crippen molar-refractivity contribution in [3.8, 4) is 0 Å². The molecular formula is C53H103NO9. The number of amides is 1. The summed E-state index contributed by atoms with van der Waals surface area (Å²) in [6.45, 7) is 3.68.